The second kappa shape index (κ2) is 5.85. The van der Waals surface area contributed by atoms with Crippen molar-refractivity contribution in [3.05, 3.63) is 63.7 Å². The molecule has 3 rings (SSSR count). The van der Waals surface area contributed by atoms with Crippen LogP contribution in [0.5, 0.6) is 5.75 Å². The van der Waals surface area contributed by atoms with Crippen molar-refractivity contribution in [2.24, 2.45) is 0 Å². The van der Waals surface area contributed by atoms with E-state index in [0.29, 0.717) is 5.56 Å². The Hall–Kier alpha value is -2.66. The molecule has 4 nitrogen and oxygen atoms in total. The molecule has 0 bridgehead atoms. The maximum atomic E-state index is 13.0. The van der Waals surface area contributed by atoms with E-state index in [4.69, 9.17) is 20.8 Å². The van der Waals surface area contributed by atoms with Crippen LogP contribution in [0.4, 0.5) is 4.39 Å². The van der Waals surface area contributed by atoms with Crippen LogP contribution in [0.15, 0.2) is 51.9 Å². The lowest BCUT2D eigenvalue weighted by Gasteiger charge is -2.07. The van der Waals surface area contributed by atoms with Gasteiger partial charge in [0.2, 0.25) is 5.43 Å². The van der Waals surface area contributed by atoms with Crippen molar-refractivity contribution in [2.75, 3.05) is 0 Å². The smallest absolute Gasteiger partial charge is 0.308 e. The molecule has 0 aliphatic heterocycles. The maximum absolute atomic E-state index is 13.0. The first-order chi connectivity index (χ1) is 11.0. The van der Waals surface area contributed by atoms with Crippen molar-refractivity contribution >= 4 is 28.5 Å². The van der Waals surface area contributed by atoms with E-state index in [9.17, 15) is 14.0 Å². The molecule has 0 saturated heterocycles. The van der Waals surface area contributed by atoms with Gasteiger partial charge >= 0.3 is 5.97 Å². The van der Waals surface area contributed by atoms with Crippen LogP contribution in [-0.2, 0) is 4.79 Å². The average molecular weight is 333 g/mol. The summed E-state index contributed by atoms with van der Waals surface area (Å²) in [4.78, 5) is 23.6. The number of benzene rings is 2. The number of carbonyl (C=O) groups is 1. The molecule has 0 N–H and O–H groups in total. The minimum Gasteiger partial charge on any atom is -0.463 e. The predicted octanol–water partition coefficient (Wildman–Crippen LogP) is 4.18. The van der Waals surface area contributed by atoms with Crippen LogP contribution in [0.2, 0.25) is 5.02 Å². The second-order valence-corrected chi connectivity index (χ2v) is 5.27. The highest BCUT2D eigenvalue weighted by molar-refractivity contribution is 6.33. The maximum Gasteiger partial charge on any atom is 0.308 e. The standard InChI is InChI=1S/C17H10ClFO4/c1-9(20)23-16-7-15-12(6-14(16)18)17(21)13(8-22-15)10-2-4-11(19)5-3-10/h2-8H,1H3. The van der Waals surface area contributed by atoms with Crippen LogP contribution < -0.4 is 10.2 Å². The third-order valence-corrected chi connectivity index (χ3v) is 3.53. The SMILES string of the molecule is CC(=O)Oc1cc2occ(-c3ccc(F)cc3)c(=O)c2cc1Cl. The topological polar surface area (TPSA) is 56.5 Å². The molecule has 0 unspecified atom stereocenters. The Kier molecular flexibility index (Phi) is 3.88. The fourth-order valence-electron chi connectivity index (χ4n) is 2.19. The first-order valence-corrected chi connectivity index (χ1v) is 7.03. The highest BCUT2D eigenvalue weighted by atomic mass is 35.5. The zero-order valence-corrected chi connectivity index (χ0v) is 12.7. The molecule has 116 valence electrons. The van der Waals surface area contributed by atoms with Crippen molar-refractivity contribution in [2.45, 2.75) is 6.92 Å². The highest BCUT2D eigenvalue weighted by Crippen LogP contribution is 2.30. The normalized spacial score (nSPS) is 10.7. The van der Waals surface area contributed by atoms with Gasteiger partial charge in [0.15, 0.2) is 5.75 Å². The zero-order valence-electron chi connectivity index (χ0n) is 11.9. The van der Waals surface area contributed by atoms with Crippen molar-refractivity contribution in [1.82, 2.24) is 0 Å². The number of halogens is 2. The summed E-state index contributed by atoms with van der Waals surface area (Å²) in [6.07, 6.45) is 1.28. The number of hydrogen-bond acceptors (Lipinski definition) is 4. The van der Waals surface area contributed by atoms with Crippen molar-refractivity contribution in [3.8, 4) is 16.9 Å². The van der Waals surface area contributed by atoms with Gasteiger partial charge in [0.1, 0.15) is 17.7 Å². The zero-order chi connectivity index (χ0) is 16.6. The quantitative estimate of drug-likeness (QED) is 0.522. The minimum atomic E-state index is -0.531. The molecule has 2 aromatic carbocycles. The summed E-state index contributed by atoms with van der Waals surface area (Å²) in [5, 5.41) is 0.365. The Balaban J connectivity index is 2.18. The molecule has 0 aliphatic carbocycles. The van der Waals surface area contributed by atoms with Crippen molar-refractivity contribution < 1.29 is 18.3 Å². The van der Waals surface area contributed by atoms with Crippen LogP contribution in [0, 0.1) is 5.82 Å². The van der Waals surface area contributed by atoms with E-state index in [1.165, 1.54) is 49.6 Å². The van der Waals surface area contributed by atoms with Gasteiger partial charge in [-0.25, -0.2) is 4.39 Å². The van der Waals surface area contributed by atoms with Crippen LogP contribution in [0.3, 0.4) is 0 Å². The summed E-state index contributed by atoms with van der Waals surface area (Å²) in [6.45, 7) is 1.24. The van der Waals surface area contributed by atoms with Crippen LogP contribution >= 0.6 is 11.6 Å². The molecule has 0 atom stereocenters. The summed E-state index contributed by atoms with van der Waals surface area (Å²) in [5.41, 5.74) is 0.742. The lowest BCUT2D eigenvalue weighted by molar-refractivity contribution is -0.131. The number of carbonyl (C=O) groups excluding carboxylic acids is 1. The van der Waals surface area contributed by atoms with Crippen LogP contribution in [0.25, 0.3) is 22.1 Å². The molecule has 0 aliphatic rings. The summed E-state index contributed by atoms with van der Waals surface area (Å²) in [5.74, 6) is -0.811. The Bertz CT molecular complexity index is 961. The van der Waals surface area contributed by atoms with Crippen LogP contribution in [0.1, 0.15) is 6.92 Å². The van der Waals surface area contributed by atoms with E-state index >= 15 is 0 Å². The van der Waals surface area contributed by atoms with Gasteiger partial charge in [0, 0.05) is 13.0 Å². The fourth-order valence-corrected chi connectivity index (χ4v) is 2.39. The van der Waals surface area contributed by atoms with Gasteiger partial charge in [0.25, 0.3) is 0 Å². The Morgan fingerprint density at radius 2 is 1.91 bits per heavy atom. The predicted molar refractivity (Wildman–Crippen MR) is 84.2 cm³/mol. The van der Waals surface area contributed by atoms with E-state index < -0.39 is 11.8 Å². The summed E-state index contributed by atoms with van der Waals surface area (Å²) in [6, 6.07) is 8.26. The summed E-state index contributed by atoms with van der Waals surface area (Å²) < 4.78 is 23.4. The molecule has 0 radical (unpaired) electrons. The third kappa shape index (κ3) is 2.96. The van der Waals surface area contributed by atoms with E-state index in [1.54, 1.807) is 0 Å². The van der Waals surface area contributed by atoms with E-state index in [0.717, 1.165) is 0 Å². The number of fused-ring (bicyclic) bond motifs is 1. The van der Waals surface area contributed by atoms with Gasteiger partial charge in [0.05, 0.1) is 16.0 Å². The van der Waals surface area contributed by atoms with E-state index in [1.807, 2.05) is 0 Å². The second-order valence-electron chi connectivity index (χ2n) is 4.86. The van der Waals surface area contributed by atoms with Crippen molar-refractivity contribution in [3.63, 3.8) is 0 Å². The highest BCUT2D eigenvalue weighted by Gasteiger charge is 2.14. The lowest BCUT2D eigenvalue weighted by Crippen LogP contribution is -2.06. The monoisotopic (exact) mass is 332 g/mol. The third-order valence-electron chi connectivity index (χ3n) is 3.24. The molecule has 0 saturated carbocycles. The van der Waals surface area contributed by atoms with E-state index in [-0.39, 0.29) is 32.7 Å². The number of esters is 1. The molecule has 0 spiro atoms. The Morgan fingerprint density at radius 1 is 1.22 bits per heavy atom. The number of rotatable bonds is 2. The largest absolute Gasteiger partial charge is 0.463 e. The molecule has 6 heteroatoms. The molecule has 23 heavy (non-hydrogen) atoms. The fraction of sp³-hybridized carbons (Fsp3) is 0.0588. The molecule has 1 heterocycles. The number of hydrogen-bond donors (Lipinski definition) is 0. The van der Waals surface area contributed by atoms with Gasteiger partial charge in [-0.15, -0.1) is 0 Å². The molecular weight excluding hydrogens is 323 g/mol. The van der Waals surface area contributed by atoms with Crippen molar-refractivity contribution in [1.29, 1.82) is 0 Å². The summed E-state index contributed by atoms with van der Waals surface area (Å²) >= 11 is 6.03. The van der Waals surface area contributed by atoms with Gasteiger partial charge < -0.3 is 9.15 Å². The van der Waals surface area contributed by atoms with Gasteiger partial charge in [-0.05, 0) is 23.8 Å². The molecule has 1 aromatic heterocycles. The molecule has 3 aromatic rings. The lowest BCUT2D eigenvalue weighted by atomic mass is 10.1. The minimum absolute atomic E-state index is 0.115. The Labute approximate surface area is 135 Å². The van der Waals surface area contributed by atoms with E-state index in [2.05, 4.69) is 0 Å². The molecule has 0 fully saturated rings. The molecule has 0 amide bonds. The first kappa shape index (κ1) is 15.2. The summed E-state index contributed by atoms with van der Waals surface area (Å²) in [7, 11) is 0. The van der Waals surface area contributed by atoms with Gasteiger partial charge in [-0.3, -0.25) is 9.59 Å². The van der Waals surface area contributed by atoms with Gasteiger partial charge in [-0.2, -0.15) is 0 Å². The molecular formula is C17H10ClFO4. The number of ether oxygens (including phenoxy) is 1. The Morgan fingerprint density at radius 3 is 2.57 bits per heavy atom. The van der Waals surface area contributed by atoms with Crippen LogP contribution in [-0.4, -0.2) is 5.97 Å². The average Bonchev–Trinajstić information content (AvgIpc) is 2.50. The first-order valence-electron chi connectivity index (χ1n) is 6.65. The van der Waals surface area contributed by atoms with Gasteiger partial charge in [-0.1, -0.05) is 23.7 Å².